The number of benzene rings is 2. The number of anilines is 3. The minimum atomic E-state index is -0.225. The number of amides is 1. The summed E-state index contributed by atoms with van der Waals surface area (Å²) in [6.45, 7) is 7.99. The zero-order chi connectivity index (χ0) is 21.0. The highest BCUT2D eigenvalue weighted by molar-refractivity contribution is 6.04. The van der Waals surface area contributed by atoms with Gasteiger partial charge in [-0.15, -0.1) is 0 Å². The Balaban J connectivity index is 1.70. The van der Waals surface area contributed by atoms with Crippen LogP contribution >= 0.6 is 0 Å². The standard InChI is InChI=1S/C24H25N3O2/c1-16(28)17-5-9-20(10-6-17)26-22-13-18(14-25-15-22)23(29)27-21-11-7-19(8-12-21)24(2,3)4/h5-15,26H,1-4H3,(H,27,29). The van der Waals surface area contributed by atoms with Crippen molar-refractivity contribution in [3.63, 3.8) is 0 Å². The summed E-state index contributed by atoms with van der Waals surface area (Å²) in [5.74, 6) is -0.205. The molecule has 0 fully saturated rings. The molecule has 1 amide bonds. The second-order valence-electron chi connectivity index (χ2n) is 8.00. The Bertz CT molecular complexity index is 1020. The Morgan fingerprint density at radius 3 is 2.00 bits per heavy atom. The third-order valence-electron chi connectivity index (χ3n) is 4.59. The van der Waals surface area contributed by atoms with Gasteiger partial charge >= 0.3 is 0 Å². The zero-order valence-corrected chi connectivity index (χ0v) is 17.1. The zero-order valence-electron chi connectivity index (χ0n) is 17.1. The number of Topliss-reactive ketones (excluding diaryl/α,β-unsaturated/α-hetero) is 1. The molecule has 0 bridgehead atoms. The fourth-order valence-corrected chi connectivity index (χ4v) is 2.84. The Morgan fingerprint density at radius 2 is 1.41 bits per heavy atom. The molecule has 0 spiro atoms. The van der Waals surface area contributed by atoms with Crippen molar-refractivity contribution in [2.75, 3.05) is 10.6 Å². The van der Waals surface area contributed by atoms with Crippen molar-refractivity contribution in [1.29, 1.82) is 0 Å². The molecule has 0 unspecified atom stereocenters. The number of hydrogen-bond donors (Lipinski definition) is 2. The maximum Gasteiger partial charge on any atom is 0.257 e. The van der Waals surface area contributed by atoms with E-state index in [0.29, 0.717) is 16.8 Å². The Hall–Kier alpha value is -3.47. The van der Waals surface area contributed by atoms with Gasteiger partial charge in [0.1, 0.15) is 0 Å². The molecule has 29 heavy (non-hydrogen) atoms. The van der Waals surface area contributed by atoms with E-state index in [2.05, 4.69) is 36.4 Å². The van der Waals surface area contributed by atoms with Gasteiger partial charge in [-0.3, -0.25) is 14.6 Å². The second-order valence-corrected chi connectivity index (χ2v) is 8.00. The summed E-state index contributed by atoms with van der Waals surface area (Å²) in [7, 11) is 0. The van der Waals surface area contributed by atoms with Crippen LogP contribution in [-0.4, -0.2) is 16.7 Å². The van der Waals surface area contributed by atoms with Gasteiger partial charge in [-0.25, -0.2) is 0 Å². The van der Waals surface area contributed by atoms with Crippen LogP contribution in [0.25, 0.3) is 0 Å². The van der Waals surface area contributed by atoms with Crippen molar-refractivity contribution in [3.05, 3.63) is 83.7 Å². The third kappa shape index (κ3) is 5.29. The number of nitrogens with zero attached hydrogens (tertiary/aromatic N) is 1. The van der Waals surface area contributed by atoms with E-state index in [1.54, 1.807) is 24.4 Å². The number of rotatable bonds is 5. The summed E-state index contributed by atoms with van der Waals surface area (Å²) in [4.78, 5) is 28.1. The SMILES string of the molecule is CC(=O)c1ccc(Nc2cncc(C(=O)Nc3ccc(C(C)(C)C)cc3)c2)cc1. The topological polar surface area (TPSA) is 71.1 Å². The van der Waals surface area contributed by atoms with Crippen molar-refractivity contribution in [1.82, 2.24) is 4.98 Å². The molecule has 2 aromatic carbocycles. The molecule has 2 N–H and O–H groups in total. The van der Waals surface area contributed by atoms with Crippen molar-refractivity contribution in [3.8, 4) is 0 Å². The number of carbonyl (C=O) groups is 2. The quantitative estimate of drug-likeness (QED) is 0.561. The third-order valence-corrected chi connectivity index (χ3v) is 4.59. The van der Waals surface area contributed by atoms with Crippen LogP contribution in [-0.2, 0) is 5.41 Å². The number of ketones is 1. The fourth-order valence-electron chi connectivity index (χ4n) is 2.84. The maximum absolute atomic E-state index is 12.6. The van der Waals surface area contributed by atoms with Crippen LogP contribution < -0.4 is 10.6 Å². The number of hydrogen-bond acceptors (Lipinski definition) is 4. The van der Waals surface area contributed by atoms with E-state index in [-0.39, 0.29) is 17.1 Å². The van der Waals surface area contributed by atoms with Gasteiger partial charge in [0, 0.05) is 23.1 Å². The van der Waals surface area contributed by atoms with Gasteiger partial charge in [0.2, 0.25) is 0 Å². The van der Waals surface area contributed by atoms with Gasteiger partial charge in [-0.05, 0) is 60.4 Å². The lowest BCUT2D eigenvalue weighted by molar-refractivity contribution is 0.101. The van der Waals surface area contributed by atoms with E-state index >= 15 is 0 Å². The van der Waals surface area contributed by atoms with Crippen molar-refractivity contribution in [2.45, 2.75) is 33.1 Å². The lowest BCUT2D eigenvalue weighted by Gasteiger charge is -2.19. The van der Waals surface area contributed by atoms with E-state index in [1.807, 2.05) is 36.4 Å². The van der Waals surface area contributed by atoms with E-state index in [4.69, 9.17) is 0 Å². The minimum absolute atomic E-state index is 0.0208. The monoisotopic (exact) mass is 387 g/mol. The molecule has 0 saturated heterocycles. The summed E-state index contributed by atoms with van der Waals surface area (Å²) in [6, 6.07) is 16.8. The second kappa shape index (κ2) is 8.27. The number of aromatic nitrogens is 1. The van der Waals surface area contributed by atoms with E-state index in [0.717, 1.165) is 11.4 Å². The molecule has 0 radical (unpaired) electrons. The molecular formula is C24H25N3O2. The Morgan fingerprint density at radius 1 is 0.793 bits per heavy atom. The highest BCUT2D eigenvalue weighted by atomic mass is 16.1. The first kappa shape index (κ1) is 20.3. The molecule has 0 atom stereocenters. The Labute approximate surface area is 171 Å². The first-order valence-corrected chi connectivity index (χ1v) is 9.47. The number of pyridine rings is 1. The summed E-state index contributed by atoms with van der Waals surface area (Å²) in [6.07, 6.45) is 3.18. The van der Waals surface area contributed by atoms with Crippen LogP contribution in [0.5, 0.6) is 0 Å². The normalized spacial score (nSPS) is 11.0. The molecule has 0 aliphatic heterocycles. The molecule has 0 saturated carbocycles. The predicted molar refractivity (Wildman–Crippen MR) is 117 cm³/mol. The maximum atomic E-state index is 12.6. The van der Waals surface area contributed by atoms with Crippen molar-refractivity contribution >= 4 is 28.8 Å². The number of carbonyl (C=O) groups excluding carboxylic acids is 2. The summed E-state index contributed by atoms with van der Waals surface area (Å²) >= 11 is 0. The van der Waals surface area contributed by atoms with Crippen molar-refractivity contribution in [2.24, 2.45) is 0 Å². The van der Waals surface area contributed by atoms with Crippen LogP contribution in [0.3, 0.4) is 0 Å². The highest BCUT2D eigenvalue weighted by Gasteiger charge is 2.14. The van der Waals surface area contributed by atoms with Crippen LogP contribution in [0.4, 0.5) is 17.1 Å². The highest BCUT2D eigenvalue weighted by Crippen LogP contribution is 2.24. The van der Waals surface area contributed by atoms with Gasteiger partial charge in [-0.1, -0.05) is 32.9 Å². The lowest BCUT2D eigenvalue weighted by Crippen LogP contribution is -2.14. The first-order chi connectivity index (χ1) is 13.7. The van der Waals surface area contributed by atoms with Crippen LogP contribution in [0.2, 0.25) is 0 Å². The van der Waals surface area contributed by atoms with E-state index in [9.17, 15) is 9.59 Å². The lowest BCUT2D eigenvalue weighted by atomic mass is 9.87. The van der Waals surface area contributed by atoms with Crippen LogP contribution in [0, 0.1) is 0 Å². The number of nitrogens with one attached hydrogen (secondary N) is 2. The first-order valence-electron chi connectivity index (χ1n) is 9.47. The molecule has 0 aliphatic rings. The van der Waals surface area contributed by atoms with Gasteiger partial charge in [0.05, 0.1) is 17.4 Å². The molecule has 3 rings (SSSR count). The predicted octanol–water partition coefficient (Wildman–Crippen LogP) is 5.58. The average molecular weight is 387 g/mol. The van der Waals surface area contributed by atoms with E-state index < -0.39 is 0 Å². The minimum Gasteiger partial charge on any atom is -0.354 e. The van der Waals surface area contributed by atoms with Gasteiger partial charge in [0.15, 0.2) is 5.78 Å². The molecule has 148 valence electrons. The van der Waals surface area contributed by atoms with Gasteiger partial charge in [-0.2, -0.15) is 0 Å². The largest absolute Gasteiger partial charge is 0.354 e. The molecule has 3 aromatic rings. The molecular weight excluding hydrogens is 362 g/mol. The van der Waals surface area contributed by atoms with Crippen LogP contribution in [0.1, 0.15) is 54.0 Å². The molecule has 1 heterocycles. The molecule has 0 aliphatic carbocycles. The molecule has 1 aromatic heterocycles. The molecule has 5 heteroatoms. The van der Waals surface area contributed by atoms with Crippen molar-refractivity contribution < 1.29 is 9.59 Å². The van der Waals surface area contributed by atoms with Gasteiger partial charge in [0.25, 0.3) is 5.91 Å². The Kier molecular flexibility index (Phi) is 5.78. The van der Waals surface area contributed by atoms with Crippen LogP contribution in [0.15, 0.2) is 67.0 Å². The summed E-state index contributed by atoms with van der Waals surface area (Å²) in [5.41, 5.74) is 4.62. The smallest absolute Gasteiger partial charge is 0.257 e. The van der Waals surface area contributed by atoms with E-state index in [1.165, 1.54) is 18.7 Å². The fraction of sp³-hybridized carbons (Fsp3) is 0.208. The van der Waals surface area contributed by atoms with Gasteiger partial charge < -0.3 is 10.6 Å². The summed E-state index contributed by atoms with van der Waals surface area (Å²) in [5, 5.41) is 6.10. The summed E-state index contributed by atoms with van der Waals surface area (Å²) < 4.78 is 0. The average Bonchev–Trinajstić information content (AvgIpc) is 2.68. The molecule has 5 nitrogen and oxygen atoms in total.